The minimum Gasteiger partial charge on any atom is -0.480 e. The zero-order chi connectivity index (χ0) is 27.5. The van der Waals surface area contributed by atoms with E-state index in [1.807, 2.05) is 17.5 Å². The van der Waals surface area contributed by atoms with Gasteiger partial charge >= 0.3 is 18.0 Å². The fourth-order valence-electron chi connectivity index (χ4n) is 3.74. The normalized spacial score (nSPS) is 12.8. The Morgan fingerprint density at radius 1 is 1.22 bits per heavy atom. The Morgan fingerprint density at radius 2 is 1.92 bits per heavy atom. The summed E-state index contributed by atoms with van der Waals surface area (Å²) >= 11 is 3.63. The van der Waals surface area contributed by atoms with E-state index < -0.39 is 23.7 Å². The number of aromatic amines is 1. The van der Waals surface area contributed by atoms with Crippen molar-refractivity contribution in [1.29, 1.82) is 0 Å². The second-order valence-corrected chi connectivity index (χ2v) is 12.7. The molecule has 1 amide bonds. The number of halogens is 1. The van der Waals surface area contributed by atoms with Crippen LogP contribution in [-0.2, 0) is 31.9 Å². The number of amides is 1. The highest BCUT2D eigenvalue weighted by Crippen LogP contribution is 2.34. The van der Waals surface area contributed by atoms with Crippen molar-refractivity contribution >= 4 is 62.9 Å². The van der Waals surface area contributed by atoms with Crippen LogP contribution in [0.15, 0.2) is 23.6 Å². The van der Waals surface area contributed by atoms with Gasteiger partial charge in [0.15, 0.2) is 0 Å². The molecule has 3 aromatic rings. The number of carbonyl (C=O) groups is 3. The molecule has 2 aromatic heterocycles. The Labute approximate surface area is 233 Å². The summed E-state index contributed by atoms with van der Waals surface area (Å²) in [6.45, 7) is 11.0. The van der Waals surface area contributed by atoms with Crippen molar-refractivity contribution < 1.29 is 29.0 Å². The van der Waals surface area contributed by atoms with E-state index in [1.54, 1.807) is 20.8 Å². The van der Waals surface area contributed by atoms with E-state index in [4.69, 9.17) is 9.47 Å². The van der Waals surface area contributed by atoms with Crippen LogP contribution in [0, 0.1) is 9.12 Å². The van der Waals surface area contributed by atoms with Crippen LogP contribution in [-0.4, -0.2) is 51.4 Å². The first kappa shape index (κ1) is 28.9. The third-order valence-corrected chi connectivity index (χ3v) is 7.18. The number of aromatic nitrogens is 2. The van der Waals surface area contributed by atoms with Gasteiger partial charge in [-0.25, -0.2) is 14.6 Å². The van der Waals surface area contributed by atoms with Crippen LogP contribution in [0.5, 0.6) is 0 Å². The highest BCUT2D eigenvalue weighted by atomic mass is 127. The number of nitrogens with zero attached hydrogens (tertiary/aromatic N) is 1. The lowest BCUT2D eigenvalue weighted by molar-refractivity contribution is -0.144. The molecule has 0 bridgehead atoms. The maximum Gasteiger partial charge on any atom is 0.408 e. The predicted octanol–water partition coefficient (Wildman–Crippen LogP) is 5.55. The monoisotopic (exact) mass is 641 g/mol. The number of hydrogen-bond acceptors (Lipinski definition) is 7. The SMILES string of the molecule is CC(=O)OCC(C)(C)Cc1c(I)[nH]c2ccc(-c3csc(CC(NC(=O)OC(C)(C)C)C(=O)O)n3)cc12. The molecule has 0 radical (unpaired) electrons. The molecule has 0 aliphatic rings. The summed E-state index contributed by atoms with van der Waals surface area (Å²) in [6.07, 6.45) is -0.0339. The third kappa shape index (κ3) is 8.16. The number of rotatable bonds is 9. The second-order valence-electron chi connectivity index (χ2n) is 10.7. The third-order valence-electron chi connectivity index (χ3n) is 5.39. The molecule has 0 spiro atoms. The highest BCUT2D eigenvalue weighted by Gasteiger charge is 2.26. The summed E-state index contributed by atoms with van der Waals surface area (Å²) < 4.78 is 11.5. The smallest absolute Gasteiger partial charge is 0.408 e. The number of thiazole rings is 1. The second kappa shape index (κ2) is 11.4. The minimum absolute atomic E-state index is 0.0408. The van der Waals surface area contributed by atoms with Gasteiger partial charge in [0.2, 0.25) is 0 Å². The number of aliphatic carboxylic acids is 1. The van der Waals surface area contributed by atoms with Crippen LogP contribution >= 0.6 is 33.9 Å². The van der Waals surface area contributed by atoms with E-state index in [1.165, 1.54) is 18.3 Å². The fraction of sp³-hybridized carbons (Fsp3) is 0.462. The maximum atomic E-state index is 12.1. The number of alkyl carbamates (subject to hydrolysis) is 1. The quantitative estimate of drug-likeness (QED) is 0.206. The molecular formula is C26H32IN3O6S. The summed E-state index contributed by atoms with van der Waals surface area (Å²) in [5, 5.41) is 15.5. The summed E-state index contributed by atoms with van der Waals surface area (Å²) in [4.78, 5) is 43.2. The first-order valence-corrected chi connectivity index (χ1v) is 13.7. The van der Waals surface area contributed by atoms with Crippen molar-refractivity contribution in [1.82, 2.24) is 15.3 Å². The molecule has 0 saturated carbocycles. The number of carbonyl (C=O) groups excluding carboxylic acids is 2. The molecular weight excluding hydrogens is 609 g/mol. The van der Waals surface area contributed by atoms with Crippen molar-refractivity contribution in [3.8, 4) is 11.3 Å². The van der Waals surface area contributed by atoms with E-state index in [0.29, 0.717) is 18.0 Å². The Morgan fingerprint density at radius 3 is 2.54 bits per heavy atom. The van der Waals surface area contributed by atoms with Crippen molar-refractivity contribution in [3.63, 3.8) is 0 Å². The summed E-state index contributed by atoms with van der Waals surface area (Å²) in [5.74, 6) is -1.46. The number of benzene rings is 1. The Bertz CT molecular complexity index is 1310. The number of hydrogen-bond donors (Lipinski definition) is 3. The molecule has 2 heterocycles. The van der Waals surface area contributed by atoms with Gasteiger partial charge in [0.05, 0.1) is 21.0 Å². The van der Waals surface area contributed by atoms with Gasteiger partial charge < -0.3 is 24.9 Å². The predicted molar refractivity (Wildman–Crippen MR) is 151 cm³/mol. The van der Waals surface area contributed by atoms with Crippen LogP contribution in [0.4, 0.5) is 4.79 Å². The standard InChI is InChI=1S/C26H32IN3O6S/c1-14(31)35-13-26(5,6)11-17-16-9-15(7-8-18(16)29-22(17)27)20-12-37-21(28-20)10-19(23(32)33)30-24(34)36-25(2,3)4/h7-9,12,19,29H,10-11,13H2,1-6H3,(H,30,34)(H,32,33). The maximum absolute atomic E-state index is 12.1. The van der Waals surface area contributed by atoms with Crippen LogP contribution in [0.25, 0.3) is 22.2 Å². The Balaban J connectivity index is 1.81. The largest absolute Gasteiger partial charge is 0.480 e. The Hall–Kier alpha value is -2.67. The summed E-state index contributed by atoms with van der Waals surface area (Å²) in [7, 11) is 0. The number of esters is 1. The van der Waals surface area contributed by atoms with Gasteiger partial charge in [0.1, 0.15) is 11.6 Å². The first-order chi connectivity index (χ1) is 17.1. The van der Waals surface area contributed by atoms with Gasteiger partial charge in [-0.15, -0.1) is 11.3 Å². The number of carboxylic acids is 1. The molecule has 3 rings (SSSR count). The van der Waals surface area contributed by atoms with E-state index in [0.717, 1.165) is 31.4 Å². The summed E-state index contributed by atoms with van der Waals surface area (Å²) in [5.41, 5.74) is 2.77. The molecule has 3 N–H and O–H groups in total. The van der Waals surface area contributed by atoms with Gasteiger partial charge in [-0.3, -0.25) is 4.79 Å². The number of carboxylic acid groups (broad SMARTS) is 1. The number of ether oxygens (including phenoxy) is 2. The molecule has 9 nitrogen and oxygen atoms in total. The van der Waals surface area contributed by atoms with Gasteiger partial charge in [-0.2, -0.15) is 0 Å². The fourth-order valence-corrected chi connectivity index (χ4v) is 5.36. The Kier molecular flexibility index (Phi) is 8.89. The van der Waals surface area contributed by atoms with Crippen molar-refractivity contribution in [2.75, 3.05) is 6.61 Å². The van der Waals surface area contributed by atoms with Crippen LogP contribution < -0.4 is 5.32 Å². The van der Waals surface area contributed by atoms with Gasteiger partial charge in [0, 0.05) is 40.6 Å². The van der Waals surface area contributed by atoms with E-state index in [-0.39, 0.29) is 17.8 Å². The molecule has 11 heteroatoms. The van der Waals surface area contributed by atoms with E-state index in [2.05, 4.69) is 57.8 Å². The minimum atomic E-state index is -1.16. The molecule has 1 unspecified atom stereocenters. The van der Waals surface area contributed by atoms with E-state index >= 15 is 0 Å². The number of nitrogens with one attached hydrogen (secondary N) is 2. The lowest BCUT2D eigenvalue weighted by Gasteiger charge is -2.24. The zero-order valence-electron chi connectivity index (χ0n) is 21.7. The molecule has 1 aromatic carbocycles. The first-order valence-electron chi connectivity index (χ1n) is 11.7. The number of fused-ring (bicyclic) bond motifs is 1. The molecule has 200 valence electrons. The molecule has 1 atom stereocenters. The number of H-pyrrole nitrogens is 1. The van der Waals surface area contributed by atoms with Crippen LogP contribution in [0.2, 0.25) is 0 Å². The zero-order valence-corrected chi connectivity index (χ0v) is 24.7. The van der Waals surface area contributed by atoms with Crippen molar-refractivity contribution in [3.05, 3.63) is 37.9 Å². The van der Waals surface area contributed by atoms with Gasteiger partial charge in [-0.05, 0) is 67.5 Å². The lowest BCUT2D eigenvalue weighted by Crippen LogP contribution is -2.44. The van der Waals surface area contributed by atoms with Gasteiger partial charge in [-0.1, -0.05) is 19.9 Å². The topological polar surface area (TPSA) is 131 Å². The molecule has 37 heavy (non-hydrogen) atoms. The van der Waals surface area contributed by atoms with Crippen LogP contribution in [0.3, 0.4) is 0 Å². The van der Waals surface area contributed by atoms with Crippen molar-refractivity contribution in [2.45, 2.75) is 66.0 Å². The van der Waals surface area contributed by atoms with Crippen molar-refractivity contribution in [2.24, 2.45) is 5.41 Å². The van der Waals surface area contributed by atoms with Gasteiger partial charge in [0.25, 0.3) is 0 Å². The van der Waals surface area contributed by atoms with E-state index in [9.17, 15) is 19.5 Å². The highest BCUT2D eigenvalue weighted by molar-refractivity contribution is 14.1. The van der Waals surface area contributed by atoms with Crippen LogP contribution in [0.1, 0.15) is 52.1 Å². The lowest BCUT2D eigenvalue weighted by atomic mass is 9.86. The molecule has 0 aliphatic carbocycles. The summed E-state index contributed by atoms with van der Waals surface area (Å²) in [6, 6.07) is 4.87. The average molecular weight is 642 g/mol. The average Bonchev–Trinajstić information content (AvgIpc) is 3.34. The molecule has 0 aliphatic heterocycles. The molecule has 0 fully saturated rings. The molecule has 0 saturated heterocycles.